The van der Waals surface area contributed by atoms with Gasteiger partial charge in [0.2, 0.25) is 0 Å². The summed E-state index contributed by atoms with van der Waals surface area (Å²) in [5.41, 5.74) is 5.73. The predicted molar refractivity (Wildman–Crippen MR) is 108 cm³/mol. The van der Waals surface area contributed by atoms with Crippen LogP contribution in [0.4, 0.5) is 10.5 Å². The molecule has 1 aliphatic rings. The van der Waals surface area contributed by atoms with E-state index in [0.717, 1.165) is 16.7 Å². The van der Waals surface area contributed by atoms with Crippen molar-refractivity contribution in [2.24, 2.45) is 0 Å². The average molecular weight is 383 g/mol. The van der Waals surface area contributed by atoms with E-state index >= 15 is 0 Å². The van der Waals surface area contributed by atoms with Gasteiger partial charge in [-0.1, -0.05) is 36.4 Å². The quantitative estimate of drug-likeness (QED) is 0.815. The first-order valence-electron chi connectivity index (χ1n) is 9.36. The standard InChI is InChI=1S/C22H26N2O4/c1-22(2,3)28-21(26)23-24(13-14-27-4)19-12-8-7-11-18(19)17-10-6-5-9-16(17)15-20(24)25/h5-12H,13-15H2,1-4H3/p+1/t24-/m0/s1. The lowest BCUT2D eigenvalue weighted by molar-refractivity contribution is -0.133. The number of nitrogens with zero attached hydrogens (tertiary/aromatic N) is 1. The molecule has 0 bridgehead atoms. The van der Waals surface area contributed by atoms with Gasteiger partial charge in [0.05, 0.1) is 13.0 Å². The fraction of sp³-hybridized carbons (Fsp3) is 0.364. The topological polar surface area (TPSA) is 64.6 Å². The van der Waals surface area contributed by atoms with Crippen LogP contribution in [0.5, 0.6) is 0 Å². The van der Waals surface area contributed by atoms with Crippen LogP contribution < -0.4 is 10.0 Å². The summed E-state index contributed by atoms with van der Waals surface area (Å²) in [4.78, 5) is 26.2. The SMILES string of the molecule is COCC[N@@+]1(NC(=O)OC(C)(C)C)C(=O)Cc2ccccc2-c2ccccc21. The molecular formula is C22H27N2O4+. The summed E-state index contributed by atoms with van der Waals surface area (Å²) < 4.78 is 10.4. The van der Waals surface area contributed by atoms with Gasteiger partial charge < -0.3 is 9.47 Å². The van der Waals surface area contributed by atoms with Crippen LogP contribution in [0.3, 0.4) is 0 Å². The van der Waals surface area contributed by atoms with Gasteiger partial charge in [0.1, 0.15) is 12.1 Å². The van der Waals surface area contributed by atoms with E-state index in [1.807, 2.05) is 48.5 Å². The van der Waals surface area contributed by atoms with E-state index in [1.54, 1.807) is 27.9 Å². The van der Waals surface area contributed by atoms with Gasteiger partial charge in [-0.05, 0) is 38.0 Å². The number of nitrogens with one attached hydrogen (secondary N) is 1. The zero-order valence-corrected chi connectivity index (χ0v) is 16.8. The summed E-state index contributed by atoms with van der Waals surface area (Å²) in [5.74, 6) is -0.139. The molecule has 2 aromatic rings. The highest BCUT2D eigenvalue weighted by Crippen LogP contribution is 2.39. The molecule has 148 valence electrons. The molecule has 0 saturated heterocycles. The number of carbonyl (C=O) groups is 2. The highest BCUT2D eigenvalue weighted by molar-refractivity contribution is 5.99. The van der Waals surface area contributed by atoms with Gasteiger partial charge in [-0.2, -0.15) is 5.43 Å². The lowest BCUT2D eigenvalue weighted by Crippen LogP contribution is -2.67. The van der Waals surface area contributed by atoms with Crippen LogP contribution in [-0.4, -0.2) is 37.9 Å². The maximum atomic E-state index is 13.5. The lowest BCUT2D eigenvalue weighted by Gasteiger charge is -2.34. The zero-order valence-electron chi connectivity index (χ0n) is 16.8. The van der Waals surface area contributed by atoms with E-state index in [-0.39, 0.29) is 23.5 Å². The fourth-order valence-corrected chi connectivity index (χ4v) is 3.51. The first-order valence-corrected chi connectivity index (χ1v) is 9.36. The van der Waals surface area contributed by atoms with Gasteiger partial charge in [0, 0.05) is 18.7 Å². The van der Waals surface area contributed by atoms with Crippen molar-refractivity contribution in [2.75, 3.05) is 20.3 Å². The summed E-state index contributed by atoms with van der Waals surface area (Å²) in [5, 5.41) is 0. The third kappa shape index (κ3) is 3.93. The van der Waals surface area contributed by atoms with Crippen molar-refractivity contribution >= 4 is 17.7 Å². The number of hydrogen-bond donors (Lipinski definition) is 1. The number of benzene rings is 2. The molecule has 0 fully saturated rings. The van der Waals surface area contributed by atoms with Crippen LogP contribution in [0.1, 0.15) is 26.3 Å². The average Bonchev–Trinajstić information content (AvgIpc) is 2.73. The van der Waals surface area contributed by atoms with Crippen molar-refractivity contribution in [1.29, 1.82) is 0 Å². The van der Waals surface area contributed by atoms with Crippen LogP contribution in [0, 0.1) is 0 Å². The van der Waals surface area contributed by atoms with Gasteiger partial charge in [-0.3, -0.25) is 0 Å². The van der Waals surface area contributed by atoms with Gasteiger partial charge in [-0.25, -0.2) is 9.59 Å². The number of quaternary nitrogens is 1. The minimum absolute atomic E-state index is 0.139. The Hall–Kier alpha value is -2.70. The Kier molecular flexibility index (Phi) is 5.54. The molecule has 0 aromatic heterocycles. The molecule has 2 amide bonds. The van der Waals surface area contributed by atoms with Crippen molar-refractivity contribution in [2.45, 2.75) is 32.8 Å². The molecule has 0 radical (unpaired) electrons. The van der Waals surface area contributed by atoms with E-state index < -0.39 is 11.7 Å². The minimum Gasteiger partial charge on any atom is -0.441 e. The van der Waals surface area contributed by atoms with Crippen molar-refractivity contribution < 1.29 is 19.1 Å². The Labute approximate surface area is 165 Å². The summed E-state index contributed by atoms with van der Waals surface area (Å²) in [6.07, 6.45) is -0.442. The Morgan fingerprint density at radius 1 is 1.07 bits per heavy atom. The first kappa shape index (κ1) is 20.0. The van der Waals surface area contributed by atoms with E-state index in [9.17, 15) is 9.59 Å². The summed E-state index contributed by atoms with van der Waals surface area (Å²) >= 11 is 0. The van der Waals surface area contributed by atoms with Crippen molar-refractivity contribution in [3.05, 3.63) is 54.1 Å². The highest BCUT2D eigenvalue weighted by Gasteiger charge is 2.46. The number of para-hydroxylation sites is 1. The normalized spacial score (nSPS) is 18.6. The summed E-state index contributed by atoms with van der Waals surface area (Å²) in [7, 11) is 1.58. The van der Waals surface area contributed by atoms with Crippen LogP contribution in [0.25, 0.3) is 11.1 Å². The number of amides is 2. The fourth-order valence-electron chi connectivity index (χ4n) is 3.51. The number of fused-ring (bicyclic) bond motifs is 3. The van der Waals surface area contributed by atoms with E-state index in [1.165, 1.54) is 0 Å². The molecule has 3 rings (SSSR count). The van der Waals surface area contributed by atoms with Crippen LogP contribution in [0.2, 0.25) is 0 Å². The van der Waals surface area contributed by atoms with Crippen LogP contribution in [-0.2, 0) is 20.7 Å². The molecular weight excluding hydrogens is 356 g/mol. The molecule has 6 nitrogen and oxygen atoms in total. The second-order valence-corrected chi connectivity index (χ2v) is 7.88. The van der Waals surface area contributed by atoms with Gasteiger partial charge in [0.25, 0.3) is 0 Å². The van der Waals surface area contributed by atoms with Crippen LogP contribution >= 0.6 is 0 Å². The maximum absolute atomic E-state index is 13.5. The van der Waals surface area contributed by atoms with E-state index in [4.69, 9.17) is 9.47 Å². The molecule has 1 N–H and O–H groups in total. The number of carbonyl (C=O) groups excluding carboxylic acids is 2. The van der Waals surface area contributed by atoms with Crippen molar-refractivity contribution in [3.63, 3.8) is 0 Å². The van der Waals surface area contributed by atoms with E-state index in [0.29, 0.717) is 12.3 Å². The van der Waals surface area contributed by atoms with Crippen LogP contribution in [0.15, 0.2) is 48.5 Å². The first-order chi connectivity index (χ1) is 13.3. The third-order valence-electron chi connectivity index (χ3n) is 4.70. The lowest BCUT2D eigenvalue weighted by atomic mass is 9.98. The van der Waals surface area contributed by atoms with Gasteiger partial charge in [0.15, 0.2) is 5.69 Å². The molecule has 2 aromatic carbocycles. The molecule has 0 unspecified atom stereocenters. The third-order valence-corrected chi connectivity index (χ3v) is 4.70. The smallest absolute Gasteiger partial charge is 0.441 e. The Bertz CT molecular complexity index is 888. The molecule has 1 atom stereocenters. The molecule has 0 spiro atoms. The monoisotopic (exact) mass is 383 g/mol. The highest BCUT2D eigenvalue weighted by atomic mass is 16.6. The minimum atomic E-state index is -0.674. The molecule has 6 heteroatoms. The predicted octanol–water partition coefficient (Wildman–Crippen LogP) is 3.83. The summed E-state index contributed by atoms with van der Waals surface area (Å²) in [6, 6.07) is 15.5. The Balaban J connectivity index is 2.15. The van der Waals surface area contributed by atoms with Gasteiger partial charge >= 0.3 is 12.0 Å². The van der Waals surface area contributed by atoms with Gasteiger partial charge in [-0.15, -0.1) is 4.59 Å². The Morgan fingerprint density at radius 2 is 1.71 bits per heavy atom. The zero-order chi connectivity index (χ0) is 20.4. The maximum Gasteiger partial charge on any atom is 0.453 e. The van der Waals surface area contributed by atoms with Crippen molar-refractivity contribution in [3.8, 4) is 11.1 Å². The molecule has 1 heterocycles. The number of hydrogen-bond acceptors (Lipinski definition) is 4. The number of ether oxygens (including phenoxy) is 2. The largest absolute Gasteiger partial charge is 0.453 e. The number of methoxy groups -OCH3 is 1. The van der Waals surface area contributed by atoms with E-state index in [2.05, 4.69) is 5.43 Å². The second kappa shape index (κ2) is 7.73. The Morgan fingerprint density at radius 3 is 2.39 bits per heavy atom. The number of rotatable bonds is 4. The summed E-state index contributed by atoms with van der Waals surface area (Å²) in [6.45, 7) is 5.94. The molecule has 28 heavy (non-hydrogen) atoms. The van der Waals surface area contributed by atoms with Crippen molar-refractivity contribution in [1.82, 2.24) is 10.0 Å². The second-order valence-electron chi connectivity index (χ2n) is 7.88. The molecule has 1 aliphatic heterocycles. The molecule has 0 saturated carbocycles. The molecule has 0 aliphatic carbocycles.